The second-order valence-corrected chi connectivity index (χ2v) is 5.90. The Morgan fingerprint density at radius 3 is 2.36 bits per heavy atom. The number of rotatable bonds is 3. The van der Waals surface area contributed by atoms with Crippen LogP contribution in [-0.2, 0) is 19.0 Å². The van der Waals surface area contributed by atoms with Gasteiger partial charge in [0, 0.05) is 12.0 Å². The van der Waals surface area contributed by atoms with Crippen LogP contribution in [0.25, 0.3) is 10.4 Å². The zero-order valence-electron chi connectivity index (χ0n) is 13.5. The molecular formula is C13H22N4O5. The fraction of sp³-hybridized carbons (Fsp3) is 0.846. The van der Waals surface area contributed by atoms with E-state index in [9.17, 15) is 9.59 Å². The molecule has 1 saturated heterocycles. The molecular weight excluding hydrogens is 292 g/mol. The molecule has 0 aromatic rings. The normalized spacial score (nSPS) is 25.1. The number of amides is 1. The molecule has 0 aliphatic carbocycles. The minimum atomic E-state index is -0.886. The molecule has 1 rings (SSSR count). The zero-order valence-corrected chi connectivity index (χ0v) is 13.5. The summed E-state index contributed by atoms with van der Waals surface area (Å²) in [7, 11) is 2.62. The van der Waals surface area contributed by atoms with Crippen molar-refractivity contribution in [1.29, 1.82) is 0 Å². The zero-order chi connectivity index (χ0) is 16.9. The first-order valence-electron chi connectivity index (χ1n) is 6.91. The van der Waals surface area contributed by atoms with Crippen molar-refractivity contribution < 1.29 is 23.8 Å². The van der Waals surface area contributed by atoms with Gasteiger partial charge in [-0.1, -0.05) is 5.11 Å². The van der Waals surface area contributed by atoms with Crippen LogP contribution in [0.4, 0.5) is 4.79 Å². The number of methoxy groups -OCH3 is 2. The van der Waals surface area contributed by atoms with Crippen LogP contribution in [0.5, 0.6) is 0 Å². The van der Waals surface area contributed by atoms with Crippen molar-refractivity contribution in [1.82, 2.24) is 4.90 Å². The van der Waals surface area contributed by atoms with E-state index in [-0.39, 0.29) is 0 Å². The Balaban J connectivity index is 3.13. The van der Waals surface area contributed by atoms with E-state index in [2.05, 4.69) is 10.0 Å². The van der Waals surface area contributed by atoms with Crippen LogP contribution in [0.15, 0.2) is 5.11 Å². The second kappa shape index (κ2) is 7.33. The third kappa shape index (κ3) is 4.25. The Labute approximate surface area is 129 Å². The minimum absolute atomic E-state index is 0.301. The molecule has 0 N–H and O–H groups in total. The fourth-order valence-corrected chi connectivity index (χ4v) is 2.34. The molecule has 0 saturated carbocycles. The number of hydrogen-bond donors (Lipinski definition) is 0. The van der Waals surface area contributed by atoms with Crippen LogP contribution < -0.4 is 0 Å². The van der Waals surface area contributed by atoms with Gasteiger partial charge in [-0.3, -0.25) is 4.90 Å². The largest absolute Gasteiger partial charge is 0.467 e. The van der Waals surface area contributed by atoms with Gasteiger partial charge in [0.25, 0.3) is 0 Å². The van der Waals surface area contributed by atoms with E-state index < -0.39 is 36.0 Å². The first-order chi connectivity index (χ1) is 10.2. The number of carbonyl (C=O) groups excluding carboxylic acids is 2. The number of nitrogens with zero attached hydrogens (tertiary/aromatic N) is 4. The smallest absolute Gasteiger partial charge is 0.413 e. The van der Waals surface area contributed by atoms with Gasteiger partial charge in [0.15, 0.2) is 0 Å². The van der Waals surface area contributed by atoms with Crippen LogP contribution in [0.2, 0.25) is 0 Å². The molecule has 0 spiro atoms. The van der Waals surface area contributed by atoms with Crippen molar-refractivity contribution in [3.8, 4) is 0 Å². The molecule has 1 aliphatic rings. The topological polar surface area (TPSA) is 114 Å². The summed E-state index contributed by atoms with van der Waals surface area (Å²) in [6.07, 6.45) is -0.895. The Morgan fingerprint density at radius 2 is 1.91 bits per heavy atom. The first kappa shape index (κ1) is 18.1. The number of azide groups is 1. The van der Waals surface area contributed by atoms with E-state index in [4.69, 9.17) is 19.7 Å². The summed E-state index contributed by atoms with van der Waals surface area (Å²) in [5.74, 6) is -0.563. The van der Waals surface area contributed by atoms with Crippen molar-refractivity contribution in [2.75, 3.05) is 14.2 Å². The molecule has 124 valence electrons. The van der Waals surface area contributed by atoms with Crippen LogP contribution >= 0.6 is 0 Å². The molecule has 22 heavy (non-hydrogen) atoms. The number of carbonyl (C=O) groups is 2. The van der Waals surface area contributed by atoms with E-state index in [0.717, 1.165) is 4.90 Å². The van der Waals surface area contributed by atoms with Gasteiger partial charge < -0.3 is 14.2 Å². The Bertz CT molecular complexity index is 470. The third-order valence-electron chi connectivity index (χ3n) is 3.19. The highest BCUT2D eigenvalue weighted by Gasteiger charge is 2.45. The average Bonchev–Trinajstić information content (AvgIpc) is 2.44. The molecule has 9 nitrogen and oxygen atoms in total. The summed E-state index contributed by atoms with van der Waals surface area (Å²) in [5, 5.41) is 3.64. The fourth-order valence-electron chi connectivity index (χ4n) is 2.34. The quantitative estimate of drug-likeness (QED) is 0.343. The number of likely N-dealkylation sites (tertiary alicyclic amines) is 1. The third-order valence-corrected chi connectivity index (χ3v) is 3.19. The molecule has 1 amide bonds. The lowest BCUT2D eigenvalue weighted by atomic mass is 9.97. The molecule has 0 radical (unpaired) electrons. The van der Waals surface area contributed by atoms with Crippen molar-refractivity contribution >= 4 is 12.1 Å². The Morgan fingerprint density at radius 1 is 1.27 bits per heavy atom. The highest BCUT2D eigenvalue weighted by molar-refractivity contribution is 5.82. The highest BCUT2D eigenvalue weighted by atomic mass is 16.6. The molecule has 3 atom stereocenters. The van der Waals surface area contributed by atoms with Gasteiger partial charge in [-0.15, -0.1) is 0 Å². The molecule has 0 aromatic heterocycles. The number of esters is 1. The molecule has 1 unspecified atom stereocenters. The standard InChI is InChI=1S/C13H22N4O5/c1-13(2,3)22-12(19)17-9(11(18)21-5)7-6-8(15-16-14)10(17)20-4/h8-10H,6-7H2,1-5H3/t8-,9+,10?/m1/s1. The number of ether oxygens (including phenoxy) is 3. The van der Waals surface area contributed by atoms with Gasteiger partial charge in [0.1, 0.15) is 17.9 Å². The second-order valence-electron chi connectivity index (χ2n) is 5.90. The molecule has 1 heterocycles. The molecule has 9 heteroatoms. The summed E-state index contributed by atoms with van der Waals surface area (Å²) < 4.78 is 15.3. The van der Waals surface area contributed by atoms with Crippen molar-refractivity contribution in [2.45, 2.75) is 57.5 Å². The maximum Gasteiger partial charge on any atom is 0.413 e. The van der Waals surface area contributed by atoms with Crippen LogP contribution in [0.3, 0.4) is 0 Å². The minimum Gasteiger partial charge on any atom is -0.467 e. The van der Waals surface area contributed by atoms with Gasteiger partial charge in [-0.25, -0.2) is 9.59 Å². The van der Waals surface area contributed by atoms with Gasteiger partial charge in [0.2, 0.25) is 0 Å². The Hall–Kier alpha value is -1.99. The number of hydrogen-bond acceptors (Lipinski definition) is 6. The summed E-state index contributed by atoms with van der Waals surface area (Å²) in [6, 6.07) is -1.43. The van der Waals surface area contributed by atoms with Crippen molar-refractivity contribution in [3.63, 3.8) is 0 Å². The lowest BCUT2D eigenvalue weighted by molar-refractivity contribution is -0.158. The summed E-state index contributed by atoms with van der Waals surface area (Å²) in [6.45, 7) is 5.15. The summed E-state index contributed by atoms with van der Waals surface area (Å²) >= 11 is 0. The molecule has 1 aliphatic heterocycles. The van der Waals surface area contributed by atoms with Crippen LogP contribution in [0, 0.1) is 0 Å². The van der Waals surface area contributed by atoms with Gasteiger partial charge >= 0.3 is 12.1 Å². The summed E-state index contributed by atoms with van der Waals surface area (Å²) in [4.78, 5) is 28.3. The average molecular weight is 314 g/mol. The van der Waals surface area contributed by atoms with Crippen molar-refractivity contribution in [3.05, 3.63) is 10.4 Å². The lowest BCUT2D eigenvalue weighted by Gasteiger charge is -2.42. The molecule has 0 aromatic carbocycles. The van der Waals surface area contributed by atoms with E-state index in [1.54, 1.807) is 20.8 Å². The van der Waals surface area contributed by atoms with Gasteiger partial charge in [-0.05, 0) is 39.1 Å². The predicted octanol–water partition coefficient (Wildman–Crippen LogP) is 2.21. The first-order valence-corrected chi connectivity index (χ1v) is 6.91. The van der Waals surface area contributed by atoms with Crippen LogP contribution in [-0.4, -0.2) is 55.1 Å². The molecule has 0 bridgehead atoms. The van der Waals surface area contributed by atoms with Crippen LogP contribution in [0.1, 0.15) is 33.6 Å². The predicted molar refractivity (Wildman–Crippen MR) is 76.8 cm³/mol. The monoisotopic (exact) mass is 314 g/mol. The van der Waals surface area contributed by atoms with E-state index in [0.29, 0.717) is 12.8 Å². The number of piperidine rings is 1. The summed E-state index contributed by atoms with van der Waals surface area (Å²) in [5.41, 5.74) is 7.91. The highest BCUT2D eigenvalue weighted by Crippen LogP contribution is 2.29. The van der Waals surface area contributed by atoms with E-state index in [1.807, 2.05) is 0 Å². The van der Waals surface area contributed by atoms with Gasteiger partial charge in [0.05, 0.1) is 13.2 Å². The van der Waals surface area contributed by atoms with E-state index in [1.165, 1.54) is 14.2 Å². The van der Waals surface area contributed by atoms with Gasteiger partial charge in [-0.2, -0.15) is 0 Å². The SMILES string of the molecule is COC(=O)[C@@H]1CC[C@@H](N=[N+]=[N-])C(OC)N1C(=O)OC(C)(C)C. The molecule has 1 fully saturated rings. The maximum atomic E-state index is 12.4. The lowest BCUT2D eigenvalue weighted by Crippen LogP contribution is -2.59. The Kier molecular flexibility index (Phi) is 6.01. The maximum absolute atomic E-state index is 12.4. The van der Waals surface area contributed by atoms with Crippen molar-refractivity contribution in [2.24, 2.45) is 5.11 Å². The van der Waals surface area contributed by atoms with E-state index >= 15 is 0 Å².